The molecule has 0 aromatic carbocycles. The molecule has 0 N–H and O–H groups in total. The van der Waals surface area contributed by atoms with Gasteiger partial charge in [0.05, 0.1) is 0 Å². The Morgan fingerprint density at radius 3 is 2.26 bits per heavy atom. The van der Waals surface area contributed by atoms with Crippen LogP contribution in [-0.2, 0) is 4.79 Å². The van der Waals surface area contributed by atoms with Gasteiger partial charge in [-0.15, -0.1) is 0 Å². The summed E-state index contributed by atoms with van der Waals surface area (Å²) in [6.45, 7) is 7.68. The van der Waals surface area contributed by atoms with Crippen LogP contribution in [0.2, 0.25) is 0 Å². The lowest BCUT2D eigenvalue weighted by molar-refractivity contribution is -0.136. The van der Waals surface area contributed by atoms with Crippen LogP contribution in [0.5, 0.6) is 0 Å². The van der Waals surface area contributed by atoms with Crippen LogP contribution in [0.4, 0.5) is 5.69 Å². The zero-order valence-electron chi connectivity index (χ0n) is 11.9. The van der Waals surface area contributed by atoms with Gasteiger partial charge in [-0.25, -0.2) is 0 Å². The third-order valence-corrected chi connectivity index (χ3v) is 3.95. The monoisotopic (exact) mass is 261 g/mol. The van der Waals surface area contributed by atoms with Gasteiger partial charge < -0.3 is 9.80 Å². The van der Waals surface area contributed by atoms with E-state index in [0.29, 0.717) is 5.91 Å². The molecule has 4 nitrogen and oxygen atoms in total. The molecule has 0 spiro atoms. The molecule has 1 aromatic heterocycles. The number of amides is 1. The lowest BCUT2D eigenvalue weighted by atomic mass is 10.0. The molecule has 1 saturated heterocycles. The van der Waals surface area contributed by atoms with Crippen molar-refractivity contribution in [3.8, 4) is 0 Å². The molecule has 0 atom stereocenters. The molecule has 1 amide bonds. The van der Waals surface area contributed by atoms with Crippen molar-refractivity contribution in [3.05, 3.63) is 24.5 Å². The second-order valence-corrected chi connectivity index (χ2v) is 5.03. The molecule has 0 bridgehead atoms. The molecule has 0 aliphatic carbocycles. The maximum Gasteiger partial charge on any atom is 0.225 e. The first-order valence-corrected chi connectivity index (χ1v) is 7.20. The fourth-order valence-corrected chi connectivity index (χ4v) is 2.64. The van der Waals surface area contributed by atoms with Crippen molar-refractivity contribution < 1.29 is 4.79 Å². The lowest BCUT2D eigenvalue weighted by Crippen LogP contribution is -2.50. The summed E-state index contributed by atoms with van der Waals surface area (Å²) in [5.41, 5.74) is 1.20. The topological polar surface area (TPSA) is 36.4 Å². The summed E-state index contributed by atoms with van der Waals surface area (Å²) in [4.78, 5) is 20.7. The molecular weight excluding hydrogens is 238 g/mol. The van der Waals surface area contributed by atoms with Gasteiger partial charge in [0.15, 0.2) is 0 Å². The number of hydrogen-bond acceptors (Lipinski definition) is 3. The van der Waals surface area contributed by atoms with Crippen LogP contribution in [0.3, 0.4) is 0 Å². The number of aromatic nitrogens is 1. The third-order valence-electron chi connectivity index (χ3n) is 3.95. The zero-order valence-corrected chi connectivity index (χ0v) is 11.9. The molecule has 0 saturated carbocycles. The van der Waals surface area contributed by atoms with Gasteiger partial charge >= 0.3 is 0 Å². The van der Waals surface area contributed by atoms with Crippen molar-refractivity contribution in [1.29, 1.82) is 0 Å². The summed E-state index contributed by atoms with van der Waals surface area (Å²) in [5, 5.41) is 0. The minimum atomic E-state index is 0.201. The quantitative estimate of drug-likeness (QED) is 0.833. The van der Waals surface area contributed by atoms with Crippen molar-refractivity contribution in [1.82, 2.24) is 9.88 Å². The van der Waals surface area contributed by atoms with E-state index >= 15 is 0 Å². The maximum absolute atomic E-state index is 12.3. The van der Waals surface area contributed by atoms with Crippen LogP contribution in [0.25, 0.3) is 0 Å². The van der Waals surface area contributed by atoms with E-state index in [2.05, 4.69) is 23.7 Å². The van der Waals surface area contributed by atoms with Crippen LogP contribution < -0.4 is 4.90 Å². The van der Waals surface area contributed by atoms with Gasteiger partial charge in [-0.05, 0) is 25.0 Å². The Bertz CT molecular complexity index is 395. The van der Waals surface area contributed by atoms with Gasteiger partial charge in [0.1, 0.15) is 0 Å². The summed E-state index contributed by atoms with van der Waals surface area (Å²) in [5.74, 6) is 0.534. The Balaban J connectivity index is 1.91. The second kappa shape index (κ2) is 6.55. The molecule has 0 radical (unpaired) electrons. The maximum atomic E-state index is 12.3. The van der Waals surface area contributed by atoms with Crippen molar-refractivity contribution in [2.45, 2.75) is 26.7 Å². The van der Waals surface area contributed by atoms with Crippen molar-refractivity contribution >= 4 is 11.6 Å². The molecule has 2 rings (SSSR count). The average molecular weight is 261 g/mol. The number of carbonyl (C=O) groups excluding carboxylic acids is 1. The molecule has 4 heteroatoms. The van der Waals surface area contributed by atoms with E-state index < -0.39 is 0 Å². The summed E-state index contributed by atoms with van der Waals surface area (Å²) in [6, 6.07) is 4.05. The predicted octanol–water partition coefficient (Wildman–Crippen LogP) is 2.17. The third kappa shape index (κ3) is 3.25. The van der Waals surface area contributed by atoms with E-state index in [9.17, 15) is 4.79 Å². The van der Waals surface area contributed by atoms with Gasteiger partial charge in [-0.1, -0.05) is 13.8 Å². The molecule has 104 valence electrons. The number of anilines is 1. The van der Waals surface area contributed by atoms with E-state index in [-0.39, 0.29) is 5.92 Å². The zero-order chi connectivity index (χ0) is 13.7. The van der Waals surface area contributed by atoms with Crippen molar-refractivity contribution in [2.75, 3.05) is 31.1 Å². The average Bonchev–Trinajstić information content (AvgIpc) is 2.49. The minimum Gasteiger partial charge on any atom is -0.368 e. The van der Waals surface area contributed by atoms with E-state index in [1.807, 2.05) is 29.4 Å². The fourth-order valence-electron chi connectivity index (χ4n) is 2.64. The minimum absolute atomic E-state index is 0.201. The Labute approximate surface area is 115 Å². The Morgan fingerprint density at radius 1 is 1.16 bits per heavy atom. The van der Waals surface area contributed by atoms with Crippen LogP contribution in [0.1, 0.15) is 26.7 Å². The fraction of sp³-hybridized carbons (Fsp3) is 0.600. The highest BCUT2D eigenvalue weighted by atomic mass is 16.2. The molecule has 19 heavy (non-hydrogen) atoms. The smallest absolute Gasteiger partial charge is 0.225 e. The number of pyridine rings is 1. The summed E-state index contributed by atoms with van der Waals surface area (Å²) in [6.07, 6.45) is 5.52. The largest absolute Gasteiger partial charge is 0.368 e. The first-order chi connectivity index (χ1) is 9.26. The van der Waals surface area contributed by atoms with Crippen LogP contribution in [0.15, 0.2) is 24.5 Å². The Morgan fingerprint density at radius 2 is 1.74 bits per heavy atom. The standard InChI is InChI=1S/C15H23N3O/c1-3-13(4-2)15(19)18-11-9-17(10-12-18)14-5-7-16-8-6-14/h5-8,13H,3-4,9-12H2,1-2H3. The molecule has 1 aliphatic rings. The van der Waals surface area contributed by atoms with Crippen LogP contribution in [0, 0.1) is 5.92 Å². The molecule has 2 heterocycles. The summed E-state index contributed by atoms with van der Waals surface area (Å²) in [7, 11) is 0. The second-order valence-electron chi connectivity index (χ2n) is 5.03. The molecule has 0 unspecified atom stereocenters. The summed E-state index contributed by atoms with van der Waals surface area (Å²) < 4.78 is 0. The summed E-state index contributed by atoms with van der Waals surface area (Å²) >= 11 is 0. The van der Waals surface area contributed by atoms with Gasteiger partial charge in [0.25, 0.3) is 0 Å². The van der Waals surface area contributed by atoms with Gasteiger partial charge in [-0.2, -0.15) is 0 Å². The number of carbonyl (C=O) groups is 1. The molecule has 1 aromatic rings. The normalized spacial score (nSPS) is 15.9. The molecule has 1 fully saturated rings. The van der Waals surface area contributed by atoms with Crippen molar-refractivity contribution in [3.63, 3.8) is 0 Å². The number of hydrogen-bond donors (Lipinski definition) is 0. The van der Waals surface area contributed by atoms with E-state index in [0.717, 1.165) is 39.0 Å². The van der Waals surface area contributed by atoms with Crippen molar-refractivity contribution in [2.24, 2.45) is 5.92 Å². The molecule has 1 aliphatic heterocycles. The van der Waals surface area contributed by atoms with E-state index in [1.165, 1.54) is 5.69 Å². The lowest BCUT2D eigenvalue weighted by Gasteiger charge is -2.37. The highest BCUT2D eigenvalue weighted by Crippen LogP contribution is 2.17. The number of nitrogens with zero attached hydrogens (tertiary/aromatic N) is 3. The highest BCUT2D eigenvalue weighted by molar-refractivity contribution is 5.79. The van der Waals surface area contributed by atoms with Gasteiger partial charge in [0.2, 0.25) is 5.91 Å². The first-order valence-electron chi connectivity index (χ1n) is 7.20. The predicted molar refractivity (Wildman–Crippen MR) is 77.1 cm³/mol. The SMILES string of the molecule is CCC(CC)C(=O)N1CCN(c2ccncc2)CC1. The van der Waals surface area contributed by atoms with E-state index in [1.54, 1.807) is 0 Å². The number of piperazine rings is 1. The van der Waals surface area contributed by atoms with Crippen LogP contribution in [-0.4, -0.2) is 42.0 Å². The Hall–Kier alpha value is -1.58. The highest BCUT2D eigenvalue weighted by Gasteiger charge is 2.25. The molecular formula is C15H23N3O. The van der Waals surface area contributed by atoms with Crippen LogP contribution >= 0.6 is 0 Å². The first kappa shape index (κ1) is 13.8. The Kier molecular flexibility index (Phi) is 4.77. The van der Waals surface area contributed by atoms with E-state index in [4.69, 9.17) is 0 Å². The van der Waals surface area contributed by atoms with Gasteiger partial charge in [-0.3, -0.25) is 9.78 Å². The van der Waals surface area contributed by atoms with Gasteiger partial charge in [0, 0.05) is 50.2 Å². The number of rotatable bonds is 4.